The molecule has 0 atom stereocenters. The van der Waals surface area contributed by atoms with Gasteiger partial charge in [0, 0.05) is 33.5 Å². The first-order valence-corrected chi connectivity index (χ1v) is 16.3. The molecule has 0 saturated carbocycles. The van der Waals surface area contributed by atoms with E-state index in [1.807, 2.05) is 65.2 Å². The van der Waals surface area contributed by atoms with Gasteiger partial charge in [-0.1, -0.05) is 64.8 Å². The van der Waals surface area contributed by atoms with Gasteiger partial charge in [-0.3, -0.25) is 14.2 Å². The molecule has 6 rings (SSSR count). The summed E-state index contributed by atoms with van der Waals surface area (Å²) in [6.45, 7) is 0. The first kappa shape index (κ1) is 32.3. The zero-order valence-corrected chi connectivity index (χ0v) is 27.7. The van der Waals surface area contributed by atoms with Gasteiger partial charge in [0.15, 0.2) is 16.8 Å². The van der Waals surface area contributed by atoms with Gasteiger partial charge < -0.3 is 10.1 Å². The number of fused-ring (bicyclic) bond motifs is 1. The summed E-state index contributed by atoms with van der Waals surface area (Å²) in [5, 5.41) is 14.1. The number of benzene rings is 4. The summed E-state index contributed by atoms with van der Waals surface area (Å²) in [7, 11) is 1.59. The number of rotatable bonds is 10. The van der Waals surface area contributed by atoms with Crippen molar-refractivity contribution in [3.63, 3.8) is 0 Å². The third kappa shape index (κ3) is 7.50. The molecule has 4 aromatic carbocycles. The van der Waals surface area contributed by atoms with Crippen LogP contribution in [0.1, 0.15) is 15.9 Å². The summed E-state index contributed by atoms with van der Waals surface area (Å²) in [6.07, 6.45) is 3.07. The number of methoxy groups -OCH3 is 1. The molecule has 0 radical (unpaired) electrons. The number of nitrogens with zero attached hydrogens (tertiary/aromatic N) is 4. The Morgan fingerprint density at radius 2 is 1.68 bits per heavy atom. The van der Waals surface area contributed by atoms with Crippen molar-refractivity contribution >= 4 is 80.9 Å². The lowest BCUT2D eigenvalue weighted by Gasteiger charge is -2.11. The fraction of sp³-hybridized carbons (Fsp3) is 0.0571. The molecule has 0 fully saturated rings. The molecule has 0 saturated heterocycles. The molecule has 2 aromatic heterocycles. The van der Waals surface area contributed by atoms with Gasteiger partial charge in [-0.15, -0.1) is 10.2 Å². The number of ketones is 1. The average Bonchev–Trinajstić information content (AvgIpc) is 3.52. The first-order chi connectivity index (χ1) is 22.8. The molecule has 1 N–H and O–H groups in total. The van der Waals surface area contributed by atoms with Crippen molar-refractivity contribution in [3.8, 4) is 22.8 Å². The molecule has 0 aliphatic heterocycles. The topological polar surface area (TPSA) is 99.0 Å². The number of pyridine rings is 1. The summed E-state index contributed by atoms with van der Waals surface area (Å²) in [6, 6.07) is 28.8. The molecule has 0 spiro atoms. The number of hydrogen-bond acceptors (Lipinski definition) is 7. The highest BCUT2D eigenvalue weighted by molar-refractivity contribution is 7.99. The maximum Gasteiger partial charge on any atom is 0.234 e. The van der Waals surface area contributed by atoms with Crippen molar-refractivity contribution in [2.75, 3.05) is 18.2 Å². The molecule has 8 nitrogen and oxygen atoms in total. The number of thioether (sulfide) groups is 1. The Balaban J connectivity index is 1.11. The van der Waals surface area contributed by atoms with E-state index in [0.717, 1.165) is 22.2 Å². The molecule has 0 aliphatic carbocycles. The first-order valence-electron chi connectivity index (χ1n) is 14.1. The van der Waals surface area contributed by atoms with E-state index in [1.54, 1.807) is 49.6 Å². The van der Waals surface area contributed by atoms with Crippen molar-refractivity contribution in [2.45, 2.75) is 5.16 Å². The fourth-order valence-corrected chi connectivity index (χ4v) is 5.95. The SMILES string of the molecule is COc1ccc2nc(Cl)c(/C=C/C(=O)c3ccc(NC(=O)CSc4nnc(-c5ccc(Cl)c(Cl)c5)n4-c4ccccc4)cc3)cc2c1. The summed E-state index contributed by atoms with van der Waals surface area (Å²) in [4.78, 5) is 30.2. The van der Waals surface area contributed by atoms with Crippen LogP contribution in [0.3, 0.4) is 0 Å². The minimum absolute atomic E-state index is 0.0716. The van der Waals surface area contributed by atoms with E-state index in [4.69, 9.17) is 39.5 Å². The summed E-state index contributed by atoms with van der Waals surface area (Å²) < 4.78 is 7.15. The zero-order valence-electron chi connectivity index (χ0n) is 24.7. The van der Waals surface area contributed by atoms with E-state index in [1.165, 1.54) is 17.8 Å². The van der Waals surface area contributed by atoms with Crippen LogP contribution in [-0.4, -0.2) is 44.3 Å². The number of nitrogens with one attached hydrogen (secondary N) is 1. The van der Waals surface area contributed by atoms with Crippen LogP contribution < -0.4 is 10.1 Å². The molecule has 0 bridgehead atoms. The van der Waals surface area contributed by atoms with Crippen LogP contribution in [0.5, 0.6) is 5.75 Å². The highest BCUT2D eigenvalue weighted by Gasteiger charge is 2.18. The Morgan fingerprint density at radius 3 is 2.43 bits per heavy atom. The number of anilines is 1. The van der Waals surface area contributed by atoms with Crippen molar-refractivity contribution < 1.29 is 14.3 Å². The van der Waals surface area contributed by atoms with E-state index in [2.05, 4.69) is 20.5 Å². The number of allylic oxidation sites excluding steroid dienone is 1. The second-order valence-electron chi connectivity index (χ2n) is 10.1. The largest absolute Gasteiger partial charge is 0.497 e. The maximum absolute atomic E-state index is 12.9. The molecule has 234 valence electrons. The van der Waals surface area contributed by atoms with E-state index < -0.39 is 0 Å². The lowest BCUT2D eigenvalue weighted by Crippen LogP contribution is -2.14. The van der Waals surface area contributed by atoms with E-state index >= 15 is 0 Å². The van der Waals surface area contributed by atoms with Crippen LogP contribution in [0.2, 0.25) is 15.2 Å². The van der Waals surface area contributed by atoms with E-state index in [9.17, 15) is 9.59 Å². The monoisotopic (exact) mass is 699 g/mol. The fourth-order valence-electron chi connectivity index (χ4n) is 4.69. The molecule has 0 aliphatic rings. The highest BCUT2D eigenvalue weighted by atomic mass is 35.5. The van der Waals surface area contributed by atoms with Crippen LogP contribution in [0.15, 0.2) is 108 Å². The third-order valence-electron chi connectivity index (χ3n) is 7.03. The Morgan fingerprint density at radius 1 is 0.894 bits per heavy atom. The van der Waals surface area contributed by atoms with Gasteiger partial charge in [-0.25, -0.2) is 4.98 Å². The lowest BCUT2D eigenvalue weighted by molar-refractivity contribution is -0.113. The Kier molecular flexibility index (Phi) is 9.89. The number of carbonyl (C=O) groups excluding carboxylic acids is 2. The van der Waals surface area contributed by atoms with Gasteiger partial charge in [-0.05, 0) is 91.0 Å². The van der Waals surface area contributed by atoms with Gasteiger partial charge >= 0.3 is 0 Å². The average molecular weight is 701 g/mol. The molecular formula is C35H24Cl3N5O3S. The number of hydrogen-bond donors (Lipinski definition) is 1. The number of aromatic nitrogens is 4. The summed E-state index contributed by atoms with van der Waals surface area (Å²) >= 11 is 20.0. The normalized spacial score (nSPS) is 11.2. The van der Waals surface area contributed by atoms with Crippen molar-refractivity contribution in [3.05, 3.63) is 129 Å². The van der Waals surface area contributed by atoms with Crippen LogP contribution >= 0.6 is 46.6 Å². The van der Waals surface area contributed by atoms with Crippen molar-refractivity contribution in [2.24, 2.45) is 0 Å². The van der Waals surface area contributed by atoms with Crippen LogP contribution in [0.4, 0.5) is 5.69 Å². The standard InChI is InChI=1S/C35H24Cl3N5O3S/c1-46-27-13-15-30-24(18-27)17-22(33(38)40-30)10-16-31(44)21-7-11-25(12-8-21)39-32(45)20-47-35-42-41-34(23-9-14-28(36)29(37)19-23)43(35)26-5-3-2-4-6-26/h2-19H,20H2,1H3,(H,39,45)/b16-10+. The number of carbonyl (C=O) groups is 2. The molecule has 1 amide bonds. The molecule has 0 unspecified atom stereocenters. The minimum Gasteiger partial charge on any atom is -0.497 e. The molecule has 6 aromatic rings. The predicted molar refractivity (Wildman–Crippen MR) is 189 cm³/mol. The number of para-hydroxylation sites is 1. The molecule has 12 heteroatoms. The number of ether oxygens (including phenoxy) is 1. The Hall–Kier alpha value is -4.67. The second kappa shape index (κ2) is 14.4. The van der Waals surface area contributed by atoms with Crippen molar-refractivity contribution in [1.29, 1.82) is 0 Å². The third-order valence-corrected chi connectivity index (χ3v) is 9.00. The van der Waals surface area contributed by atoms with Crippen LogP contribution in [-0.2, 0) is 4.79 Å². The van der Waals surface area contributed by atoms with Gasteiger partial charge in [0.05, 0.1) is 28.4 Å². The van der Waals surface area contributed by atoms with Crippen LogP contribution in [0.25, 0.3) is 34.1 Å². The van der Waals surface area contributed by atoms with Gasteiger partial charge in [0.2, 0.25) is 5.91 Å². The lowest BCUT2D eigenvalue weighted by atomic mass is 10.1. The predicted octanol–water partition coefficient (Wildman–Crippen LogP) is 9.08. The molecular weight excluding hydrogens is 677 g/mol. The van der Waals surface area contributed by atoms with E-state index in [0.29, 0.717) is 43.6 Å². The number of halogens is 3. The van der Waals surface area contributed by atoms with Crippen LogP contribution in [0, 0.1) is 0 Å². The number of amides is 1. The van der Waals surface area contributed by atoms with Gasteiger partial charge in [0.1, 0.15) is 10.9 Å². The van der Waals surface area contributed by atoms with Gasteiger partial charge in [0.25, 0.3) is 0 Å². The minimum atomic E-state index is -0.247. The summed E-state index contributed by atoms with van der Waals surface area (Å²) in [5.41, 5.74) is 3.89. The van der Waals surface area contributed by atoms with Gasteiger partial charge in [-0.2, -0.15) is 0 Å². The van der Waals surface area contributed by atoms with Crippen molar-refractivity contribution in [1.82, 2.24) is 19.7 Å². The Bertz CT molecular complexity index is 2140. The quantitative estimate of drug-likeness (QED) is 0.0659. The maximum atomic E-state index is 12.9. The highest BCUT2D eigenvalue weighted by Crippen LogP contribution is 2.32. The smallest absolute Gasteiger partial charge is 0.234 e. The van der Waals surface area contributed by atoms with E-state index in [-0.39, 0.29) is 22.6 Å². The second-order valence-corrected chi connectivity index (χ2v) is 12.3. The Labute approximate surface area is 289 Å². The zero-order chi connectivity index (χ0) is 32.9. The summed E-state index contributed by atoms with van der Waals surface area (Å²) in [5.74, 6) is 0.859. The molecule has 47 heavy (non-hydrogen) atoms. The molecule has 2 heterocycles.